The molecule has 1 rings (SSSR count). The van der Waals surface area contributed by atoms with Crippen molar-refractivity contribution < 1.29 is 20.1 Å². The fraction of sp³-hybridized carbons (Fsp3) is 0.562. The van der Waals surface area contributed by atoms with Gasteiger partial charge in [0.25, 0.3) is 0 Å². The summed E-state index contributed by atoms with van der Waals surface area (Å²) in [6.07, 6.45) is -0.257. The molecule has 2 unspecified atom stereocenters. The number of nitrogens with one attached hydrogen (secondary N) is 2. The Hall–Kier alpha value is -1.12. The second-order valence-electron chi connectivity index (χ2n) is 5.14. The molecule has 0 saturated carbocycles. The number of amides is 1. The molecule has 130 valence electrons. The second kappa shape index (κ2) is 12.3. The first kappa shape index (κ1) is 19.9. The van der Waals surface area contributed by atoms with Crippen LogP contribution in [0.3, 0.4) is 0 Å². The summed E-state index contributed by atoms with van der Waals surface area (Å²) in [5, 5.41) is 33.3. The van der Waals surface area contributed by atoms with E-state index in [9.17, 15) is 9.90 Å². The minimum absolute atomic E-state index is 0.0241. The molecule has 0 bridgehead atoms. The highest BCUT2D eigenvalue weighted by molar-refractivity contribution is 7.99. The minimum Gasteiger partial charge on any atom is -0.395 e. The van der Waals surface area contributed by atoms with E-state index in [1.807, 2.05) is 30.3 Å². The molecule has 0 heterocycles. The number of thioether (sulfide) groups is 1. The maximum atomic E-state index is 11.8. The molecule has 0 aliphatic heterocycles. The number of hydrogen-bond donors (Lipinski definition) is 5. The molecule has 7 heteroatoms. The molecular weight excluding hydrogens is 316 g/mol. The van der Waals surface area contributed by atoms with Gasteiger partial charge in [0.2, 0.25) is 5.91 Å². The molecule has 5 N–H and O–H groups in total. The highest BCUT2D eigenvalue weighted by Gasteiger charge is 2.17. The lowest BCUT2D eigenvalue weighted by Crippen LogP contribution is -2.43. The summed E-state index contributed by atoms with van der Waals surface area (Å²) in [6, 6.07) is 9.43. The van der Waals surface area contributed by atoms with Crippen LogP contribution in [0.25, 0.3) is 0 Å². The van der Waals surface area contributed by atoms with Gasteiger partial charge in [0.1, 0.15) is 0 Å². The van der Waals surface area contributed by atoms with Gasteiger partial charge in [-0.25, -0.2) is 0 Å². The highest BCUT2D eigenvalue weighted by atomic mass is 32.2. The predicted molar refractivity (Wildman–Crippen MR) is 92.2 cm³/mol. The van der Waals surface area contributed by atoms with E-state index < -0.39 is 6.10 Å². The first-order valence-corrected chi connectivity index (χ1v) is 8.84. The molecule has 1 amide bonds. The zero-order valence-corrected chi connectivity index (χ0v) is 14.0. The Kier molecular flexibility index (Phi) is 10.7. The molecule has 0 saturated heterocycles. The molecular formula is C16H26N2O4S. The fourth-order valence-electron chi connectivity index (χ4n) is 2.03. The van der Waals surface area contributed by atoms with Crippen molar-refractivity contribution in [1.82, 2.24) is 10.6 Å². The van der Waals surface area contributed by atoms with Gasteiger partial charge < -0.3 is 26.0 Å². The van der Waals surface area contributed by atoms with Crippen LogP contribution in [-0.2, 0) is 11.3 Å². The van der Waals surface area contributed by atoms with Crippen LogP contribution < -0.4 is 10.6 Å². The molecule has 0 fully saturated rings. The maximum Gasteiger partial charge on any atom is 0.230 e. The van der Waals surface area contributed by atoms with Crippen molar-refractivity contribution in [3.8, 4) is 0 Å². The molecule has 1 aromatic rings. The monoisotopic (exact) mass is 342 g/mol. The van der Waals surface area contributed by atoms with Crippen molar-refractivity contribution in [2.45, 2.75) is 25.1 Å². The molecule has 0 radical (unpaired) electrons. The number of carbonyl (C=O) groups excluding carboxylic acids is 1. The summed E-state index contributed by atoms with van der Waals surface area (Å²) in [5.41, 5.74) is 1.06. The zero-order chi connectivity index (χ0) is 16.9. The van der Waals surface area contributed by atoms with Crippen LogP contribution in [0.2, 0.25) is 0 Å². The lowest BCUT2D eigenvalue weighted by atomic mass is 10.1. The van der Waals surface area contributed by atoms with Crippen LogP contribution in [0, 0.1) is 0 Å². The third-order valence-corrected chi connectivity index (χ3v) is 4.30. The Morgan fingerprint density at radius 1 is 1.22 bits per heavy atom. The normalized spacial score (nSPS) is 13.5. The summed E-state index contributed by atoms with van der Waals surface area (Å²) >= 11 is 1.48. The SMILES string of the molecule is O=C(CSCCC(NCCO)C(O)CO)NCc1ccccc1. The number of hydrogen-bond acceptors (Lipinski definition) is 6. The fourth-order valence-corrected chi connectivity index (χ4v) is 2.88. The summed E-state index contributed by atoms with van der Waals surface area (Å²) in [4.78, 5) is 11.8. The Labute approximate surface area is 141 Å². The van der Waals surface area contributed by atoms with E-state index in [1.165, 1.54) is 11.8 Å². The van der Waals surface area contributed by atoms with Gasteiger partial charge in [-0.15, -0.1) is 0 Å². The van der Waals surface area contributed by atoms with Crippen molar-refractivity contribution in [2.24, 2.45) is 0 Å². The van der Waals surface area contributed by atoms with E-state index in [1.54, 1.807) is 0 Å². The third-order valence-electron chi connectivity index (χ3n) is 3.31. The average molecular weight is 342 g/mol. The van der Waals surface area contributed by atoms with Crippen molar-refractivity contribution in [3.05, 3.63) is 35.9 Å². The lowest BCUT2D eigenvalue weighted by molar-refractivity contribution is -0.118. The standard InChI is InChI=1S/C16H26N2O4S/c19-8-7-17-14(15(21)11-20)6-9-23-12-16(22)18-10-13-4-2-1-3-5-13/h1-5,14-15,17,19-21H,6-12H2,(H,18,22). The van der Waals surface area contributed by atoms with E-state index in [0.29, 0.717) is 31.0 Å². The van der Waals surface area contributed by atoms with E-state index in [2.05, 4.69) is 10.6 Å². The summed E-state index contributed by atoms with van der Waals surface area (Å²) < 4.78 is 0. The third kappa shape index (κ3) is 8.92. The largest absolute Gasteiger partial charge is 0.395 e. The van der Waals surface area contributed by atoms with E-state index in [4.69, 9.17) is 10.2 Å². The van der Waals surface area contributed by atoms with Gasteiger partial charge in [-0.1, -0.05) is 30.3 Å². The van der Waals surface area contributed by atoms with E-state index in [0.717, 1.165) is 5.56 Å². The smallest absolute Gasteiger partial charge is 0.230 e. The molecule has 0 aliphatic carbocycles. The summed E-state index contributed by atoms with van der Waals surface area (Å²) in [5.74, 6) is 1.01. The van der Waals surface area contributed by atoms with Gasteiger partial charge in [0, 0.05) is 19.1 Å². The van der Waals surface area contributed by atoms with Gasteiger partial charge in [-0.3, -0.25) is 4.79 Å². The van der Waals surface area contributed by atoms with Gasteiger partial charge in [0.15, 0.2) is 0 Å². The van der Waals surface area contributed by atoms with Crippen molar-refractivity contribution in [1.29, 1.82) is 0 Å². The van der Waals surface area contributed by atoms with Gasteiger partial charge >= 0.3 is 0 Å². The molecule has 0 aromatic heterocycles. The summed E-state index contributed by atoms with van der Waals surface area (Å²) in [7, 11) is 0. The van der Waals surface area contributed by atoms with Crippen LogP contribution in [-0.4, -0.2) is 64.6 Å². The van der Waals surface area contributed by atoms with Crippen LogP contribution in [0.15, 0.2) is 30.3 Å². The van der Waals surface area contributed by atoms with Gasteiger partial charge in [-0.2, -0.15) is 11.8 Å². The predicted octanol–water partition coefficient (Wildman–Crippen LogP) is -0.270. The van der Waals surface area contributed by atoms with Crippen molar-refractivity contribution in [3.63, 3.8) is 0 Å². The van der Waals surface area contributed by atoms with Crippen LogP contribution in [0.1, 0.15) is 12.0 Å². The molecule has 1 aromatic carbocycles. The molecule has 6 nitrogen and oxygen atoms in total. The minimum atomic E-state index is -0.867. The van der Waals surface area contributed by atoms with Crippen LogP contribution >= 0.6 is 11.8 Å². The Morgan fingerprint density at radius 3 is 2.61 bits per heavy atom. The number of aliphatic hydroxyl groups is 3. The van der Waals surface area contributed by atoms with E-state index in [-0.39, 0.29) is 25.2 Å². The van der Waals surface area contributed by atoms with E-state index >= 15 is 0 Å². The lowest BCUT2D eigenvalue weighted by Gasteiger charge is -2.22. The molecule has 23 heavy (non-hydrogen) atoms. The van der Waals surface area contributed by atoms with Crippen LogP contribution in [0.4, 0.5) is 0 Å². The number of carbonyl (C=O) groups is 1. The number of rotatable bonds is 12. The first-order valence-electron chi connectivity index (χ1n) is 7.69. The maximum absolute atomic E-state index is 11.8. The van der Waals surface area contributed by atoms with Crippen molar-refractivity contribution >= 4 is 17.7 Å². The second-order valence-corrected chi connectivity index (χ2v) is 6.24. The van der Waals surface area contributed by atoms with Crippen molar-refractivity contribution in [2.75, 3.05) is 31.3 Å². The quantitative estimate of drug-likeness (QED) is 0.335. The first-order chi connectivity index (χ1) is 11.2. The van der Waals surface area contributed by atoms with Crippen LogP contribution in [0.5, 0.6) is 0 Å². The molecule has 0 aliphatic rings. The number of aliphatic hydroxyl groups excluding tert-OH is 3. The summed E-state index contributed by atoms with van der Waals surface area (Å²) in [6.45, 7) is 0.531. The molecule has 0 spiro atoms. The zero-order valence-electron chi connectivity index (χ0n) is 13.1. The Bertz CT molecular complexity index is 433. The molecule has 2 atom stereocenters. The Morgan fingerprint density at radius 2 is 1.96 bits per heavy atom. The average Bonchev–Trinajstić information content (AvgIpc) is 2.59. The topological polar surface area (TPSA) is 102 Å². The Balaban J connectivity index is 2.17. The highest BCUT2D eigenvalue weighted by Crippen LogP contribution is 2.08. The number of benzene rings is 1. The van der Waals surface area contributed by atoms with Gasteiger partial charge in [0.05, 0.1) is 25.1 Å². The van der Waals surface area contributed by atoms with Gasteiger partial charge in [-0.05, 0) is 17.7 Å².